The summed E-state index contributed by atoms with van der Waals surface area (Å²) in [6.45, 7) is 1.96. The zero-order valence-electron chi connectivity index (χ0n) is 9.72. The van der Waals surface area contributed by atoms with Crippen molar-refractivity contribution in [1.82, 2.24) is 5.32 Å². The lowest BCUT2D eigenvalue weighted by Gasteiger charge is -2.42. The topological polar surface area (TPSA) is 24.1 Å². The Morgan fingerprint density at radius 1 is 1.31 bits per heavy atom. The summed E-state index contributed by atoms with van der Waals surface area (Å²) in [5.74, 6) is -0.179. The minimum absolute atomic E-state index is 0.179. The second-order valence-electron chi connectivity index (χ2n) is 4.75. The molecular formula is C13H19FN2. The van der Waals surface area contributed by atoms with Crippen molar-refractivity contribution in [3.8, 4) is 0 Å². The van der Waals surface area contributed by atoms with Crippen molar-refractivity contribution >= 4 is 5.69 Å². The number of anilines is 1. The summed E-state index contributed by atoms with van der Waals surface area (Å²) in [6, 6.07) is 6.67. The van der Waals surface area contributed by atoms with Gasteiger partial charge in [0.2, 0.25) is 0 Å². The number of benzene rings is 1. The highest BCUT2D eigenvalue weighted by Gasteiger charge is 2.35. The van der Waals surface area contributed by atoms with Gasteiger partial charge < -0.3 is 10.6 Å². The minimum Gasteiger partial charge on any atom is -0.384 e. The van der Waals surface area contributed by atoms with E-state index in [-0.39, 0.29) is 5.82 Å². The molecule has 0 spiro atoms. The molecule has 1 saturated carbocycles. The van der Waals surface area contributed by atoms with E-state index in [1.165, 1.54) is 25.3 Å². The normalized spacial score (nSPS) is 17.9. The molecule has 1 aliphatic rings. The fraction of sp³-hybridized carbons (Fsp3) is 0.538. The van der Waals surface area contributed by atoms with Crippen molar-refractivity contribution in [1.29, 1.82) is 0 Å². The van der Waals surface area contributed by atoms with Crippen molar-refractivity contribution in [3.05, 3.63) is 30.1 Å². The van der Waals surface area contributed by atoms with E-state index >= 15 is 0 Å². The molecule has 0 aliphatic heterocycles. The highest BCUT2D eigenvalue weighted by Crippen LogP contribution is 2.40. The second-order valence-corrected chi connectivity index (χ2v) is 4.75. The third-order valence-electron chi connectivity index (χ3n) is 3.46. The van der Waals surface area contributed by atoms with Crippen LogP contribution in [-0.4, -0.2) is 20.1 Å². The van der Waals surface area contributed by atoms with Crippen molar-refractivity contribution in [2.24, 2.45) is 5.41 Å². The summed E-state index contributed by atoms with van der Waals surface area (Å²) in [6.07, 6.45) is 3.83. The summed E-state index contributed by atoms with van der Waals surface area (Å²) >= 11 is 0. The molecule has 0 bridgehead atoms. The van der Waals surface area contributed by atoms with Crippen LogP contribution in [0, 0.1) is 11.2 Å². The Hall–Kier alpha value is -1.09. The first-order chi connectivity index (χ1) is 7.74. The van der Waals surface area contributed by atoms with Crippen LogP contribution in [0.5, 0.6) is 0 Å². The quantitative estimate of drug-likeness (QED) is 0.800. The number of halogens is 1. The maximum atomic E-state index is 13.0. The van der Waals surface area contributed by atoms with Crippen LogP contribution in [0.4, 0.5) is 10.1 Å². The van der Waals surface area contributed by atoms with Crippen molar-refractivity contribution in [2.75, 3.05) is 25.5 Å². The Bertz CT molecular complexity index is 348. The molecule has 1 aromatic rings. The Labute approximate surface area is 96.2 Å². The van der Waals surface area contributed by atoms with Crippen LogP contribution in [0.1, 0.15) is 19.3 Å². The van der Waals surface area contributed by atoms with E-state index < -0.39 is 0 Å². The summed E-state index contributed by atoms with van der Waals surface area (Å²) in [5, 5.41) is 6.58. The van der Waals surface area contributed by atoms with Gasteiger partial charge in [-0.1, -0.05) is 12.5 Å². The van der Waals surface area contributed by atoms with E-state index in [1.54, 1.807) is 12.1 Å². The molecule has 2 rings (SSSR count). The van der Waals surface area contributed by atoms with Crippen molar-refractivity contribution < 1.29 is 4.39 Å². The Morgan fingerprint density at radius 2 is 2.12 bits per heavy atom. The SMILES string of the molecule is CNCC1(CNc2cccc(F)c2)CCC1. The third kappa shape index (κ3) is 2.53. The predicted molar refractivity (Wildman–Crippen MR) is 65.1 cm³/mol. The molecule has 0 amide bonds. The van der Waals surface area contributed by atoms with Gasteiger partial charge in [-0.2, -0.15) is 0 Å². The standard InChI is InChI=1S/C13H19FN2/c1-15-9-13(6-3-7-13)10-16-12-5-2-4-11(14)8-12/h2,4-5,8,15-16H,3,6-7,9-10H2,1H3. The summed E-state index contributed by atoms with van der Waals surface area (Å²) in [7, 11) is 1.99. The maximum Gasteiger partial charge on any atom is 0.125 e. The molecule has 2 nitrogen and oxygen atoms in total. The first kappa shape index (κ1) is 11.4. The van der Waals surface area contributed by atoms with Crippen molar-refractivity contribution in [2.45, 2.75) is 19.3 Å². The lowest BCUT2D eigenvalue weighted by Crippen LogP contribution is -2.44. The monoisotopic (exact) mass is 222 g/mol. The first-order valence-electron chi connectivity index (χ1n) is 5.88. The molecule has 1 fully saturated rings. The molecule has 2 N–H and O–H groups in total. The molecule has 1 aliphatic carbocycles. The molecule has 1 aromatic carbocycles. The molecule has 0 heterocycles. The van der Waals surface area contributed by atoms with Gasteiger partial charge in [-0.15, -0.1) is 0 Å². The zero-order chi connectivity index (χ0) is 11.4. The lowest BCUT2D eigenvalue weighted by molar-refractivity contribution is 0.151. The average molecular weight is 222 g/mol. The summed E-state index contributed by atoms with van der Waals surface area (Å²) in [5.41, 5.74) is 1.25. The number of rotatable bonds is 5. The Kier molecular flexibility index (Phi) is 3.44. The molecule has 16 heavy (non-hydrogen) atoms. The smallest absolute Gasteiger partial charge is 0.125 e. The van der Waals surface area contributed by atoms with Gasteiger partial charge in [-0.05, 0) is 38.1 Å². The van der Waals surface area contributed by atoms with Gasteiger partial charge in [0.15, 0.2) is 0 Å². The van der Waals surface area contributed by atoms with Gasteiger partial charge >= 0.3 is 0 Å². The van der Waals surface area contributed by atoms with E-state index in [9.17, 15) is 4.39 Å². The van der Waals surface area contributed by atoms with E-state index in [1.807, 2.05) is 13.1 Å². The lowest BCUT2D eigenvalue weighted by atomic mass is 9.68. The molecule has 3 heteroatoms. The number of nitrogens with one attached hydrogen (secondary N) is 2. The summed E-state index contributed by atoms with van der Waals surface area (Å²) < 4.78 is 13.0. The van der Waals surface area contributed by atoms with Crippen molar-refractivity contribution in [3.63, 3.8) is 0 Å². The third-order valence-corrected chi connectivity index (χ3v) is 3.46. The van der Waals surface area contributed by atoms with Gasteiger partial charge in [-0.3, -0.25) is 0 Å². The van der Waals surface area contributed by atoms with E-state index in [0.717, 1.165) is 18.8 Å². The van der Waals surface area contributed by atoms with Crippen LogP contribution in [0.15, 0.2) is 24.3 Å². The maximum absolute atomic E-state index is 13.0. The van der Waals surface area contributed by atoms with Gasteiger partial charge in [0, 0.05) is 24.2 Å². The van der Waals surface area contributed by atoms with Gasteiger partial charge in [0.25, 0.3) is 0 Å². The fourth-order valence-electron chi connectivity index (χ4n) is 2.36. The van der Waals surface area contributed by atoms with Crippen LogP contribution in [0.2, 0.25) is 0 Å². The number of hydrogen-bond acceptors (Lipinski definition) is 2. The zero-order valence-corrected chi connectivity index (χ0v) is 9.72. The van der Waals surface area contributed by atoms with Crippen LogP contribution >= 0.6 is 0 Å². The fourth-order valence-corrected chi connectivity index (χ4v) is 2.36. The Morgan fingerprint density at radius 3 is 2.69 bits per heavy atom. The predicted octanol–water partition coefficient (Wildman–Crippen LogP) is 2.63. The Balaban J connectivity index is 1.91. The van der Waals surface area contributed by atoms with Crippen LogP contribution in [-0.2, 0) is 0 Å². The molecule has 0 radical (unpaired) electrons. The second kappa shape index (κ2) is 4.83. The molecule has 0 aromatic heterocycles. The molecule has 0 unspecified atom stereocenters. The van der Waals surface area contributed by atoms with Gasteiger partial charge in [0.1, 0.15) is 5.82 Å². The largest absolute Gasteiger partial charge is 0.384 e. The van der Waals surface area contributed by atoms with E-state index in [2.05, 4.69) is 10.6 Å². The average Bonchev–Trinajstić information content (AvgIpc) is 2.22. The van der Waals surface area contributed by atoms with E-state index in [4.69, 9.17) is 0 Å². The summed E-state index contributed by atoms with van der Waals surface area (Å²) in [4.78, 5) is 0. The molecule has 88 valence electrons. The molecule has 0 saturated heterocycles. The van der Waals surface area contributed by atoms with Gasteiger partial charge in [0.05, 0.1) is 0 Å². The number of hydrogen-bond donors (Lipinski definition) is 2. The highest BCUT2D eigenvalue weighted by molar-refractivity contribution is 5.43. The van der Waals surface area contributed by atoms with E-state index in [0.29, 0.717) is 5.41 Å². The van der Waals surface area contributed by atoms with Crippen LogP contribution in [0.25, 0.3) is 0 Å². The first-order valence-corrected chi connectivity index (χ1v) is 5.88. The minimum atomic E-state index is -0.179. The van der Waals surface area contributed by atoms with Gasteiger partial charge in [-0.25, -0.2) is 4.39 Å². The molecule has 0 atom stereocenters. The van der Waals surface area contributed by atoms with Crippen LogP contribution in [0.3, 0.4) is 0 Å². The molecular weight excluding hydrogens is 203 g/mol. The van der Waals surface area contributed by atoms with Crippen LogP contribution < -0.4 is 10.6 Å². The highest BCUT2D eigenvalue weighted by atomic mass is 19.1.